The van der Waals surface area contributed by atoms with Crippen LogP contribution in [-0.4, -0.2) is 39.0 Å². The Bertz CT molecular complexity index is 969. The van der Waals surface area contributed by atoms with Gasteiger partial charge in [0.1, 0.15) is 0 Å². The quantitative estimate of drug-likeness (QED) is 0.384. The summed E-state index contributed by atoms with van der Waals surface area (Å²) in [5.74, 6) is -0.388. The van der Waals surface area contributed by atoms with Crippen LogP contribution in [0.3, 0.4) is 0 Å². The molecule has 0 aliphatic carbocycles. The van der Waals surface area contributed by atoms with E-state index in [9.17, 15) is 14.7 Å². The number of hydrogen-bond donors (Lipinski definition) is 1. The van der Waals surface area contributed by atoms with E-state index in [0.717, 1.165) is 28.9 Å². The summed E-state index contributed by atoms with van der Waals surface area (Å²) >= 11 is 4.60. The number of aliphatic hydroxyl groups excluding tert-OH is 1. The summed E-state index contributed by atoms with van der Waals surface area (Å²) in [7, 11) is 0. The number of imide groups is 1. The van der Waals surface area contributed by atoms with Crippen LogP contribution in [0.15, 0.2) is 36.4 Å². The number of nitrogens with zero attached hydrogens (tertiary/aromatic N) is 2. The number of rotatable bonds is 4. The van der Waals surface area contributed by atoms with Gasteiger partial charge in [-0.1, -0.05) is 0 Å². The first kappa shape index (κ1) is 18.2. The van der Waals surface area contributed by atoms with E-state index >= 15 is 0 Å². The number of fused-ring (bicyclic) bond motifs is 3. The molecule has 7 heteroatoms. The van der Waals surface area contributed by atoms with Crippen LogP contribution in [-0.2, 0) is 16.1 Å². The number of β-amino-alcohol motifs (C(OH)–C–C–N with tert-alkyl or cyclic N) is 1. The minimum Gasteiger partial charge on any atom is -0.389 e. The van der Waals surface area contributed by atoms with Crippen molar-refractivity contribution in [2.24, 2.45) is 0 Å². The van der Waals surface area contributed by atoms with Gasteiger partial charge in [-0.3, -0.25) is 14.5 Å². The van der Waals surface area contributed by atoms with Crippen molar-refractivity contribution in [2.45, 2.75) is 25.5 Å². The Morgan fingerprint density at radius 1 is 0.885 bits per heavy atom. The summed E-state index contributed by atoms with van der Waals surface area (Å²) in [5.41, 5.74) is 2.08. The zero-order valence-corrected chi connectivity index (χ0v) is 18.1. The minimum atomic E-state index is -0.807. The van der Waals surface area contributed by atoms with Gasteiger partial charge in [0.2, 0.25) is 11.8 Å². The predicted octanol–water partition coefficient (Wildman–Crippen LogP) is 3.51. The molecule has 1 saturated heterocycles. The summed E-state index contributed by atoms with van der Waals surface area (Å²) < 4.78 is 4.38. The van der Waals surface area contributed by atoms with Crippen LogP contribution >= 0.6 is 45.2 Å². The van der Waals surface area contributed by atoms with Crippen LogP contribution in [0.1, 0.15) is 12.8 Å². The van der Waals surface area contributed by atoms with E-state index in [1.54, 1.807) is 0 Å². The molecule has 0 bridgehead atoms. The Labute approximate surface area is 177 Å². The molecule has 2 heterocycles. The van der Waals surface area contributed by atoms with Crippen LogP contribution in [0.25, 0.3) is 21.8 Å². The van der Waals surface area contributed by atoms with Crippen LogP contribution < -0.4 is 0 Å². The maximum absolute atomic E-state index is 11.8. The van der Waals surface area contributed by atoms with Gasteiger partial charge in [0, 0.05) is 41.8 Å². The zero-order valence-electron chi connectivity index (χ0n) is 13.8. The van der Waals surface area contributed by atoms with Gasteiger partial charge in [-0.2, -0.15) is 0 Å². The molecule has 2 aromatic carbocycles. The van der Waals surface area contributed by atoms with Crippen molar-refractivity contribution in [3.8, 4) is 0 Å². The molecule has 1 aliphatic heterocycles. The molecule has 1 atom stereocenters. The fraction of sp³-hybridized carbons (Fsp3) is 0.263. The van der Waals surface area contributed by atoms with Crippen LogP contribution in [0.5, 0.6) is 0 Å². The van der Waals surface area contributed by atoms with Crippen molar-refractivity contribution >= 4 is 78.8 Å². The van der Waals surface area contributed by atoms with Crippen molar-refractivity contribution in [3.05, 3.63) is 43.5 Å². The van der Waals surface area contributed by atoms with Crippen molar-refractivity contribution in [1.82, 2.24) is 9.47 Å². The lowest BCUT2D eigenvalue weighted by atomic mass is 10.2. The molecule has 26 heavy (non-hydrogen) atoms. The third-order valence-corrected chi connectivity index (χ3v) is 6.07. The molecule has 0 radical (unpaired) electrons. The third kappa shape index (κ3) is 3.24. The molecule has 5 nitrogen and oxygen atoms in total. The second kappa shape index (κ2) is 7.08. The lowest BCUT2D eigenvalue weighted by molar-refractivity contribution is -0.140. The number of likely N-dealkylation sites (tertiary alicyclic amines) is 1. The molecule has 0 unspecified atom stereocenters. The van der Waals surface area contributed by atoms with Crippen molar-refractivity contribution in [1.29, 1.82) is 0 Å². The van der Waals surface area contributed by atoms with Gasteiger partial charge in [-0.15, -0.1) is 0 Å². The molecule has 1 aliphatic rings. The Morgan fingerprint density at radius 2 is 1.38 bits per heavy atom. The second-order valence-corrected chi connectivity index (χ2v) is 8.98. The molecule has 134 valence electrons. The highest BCUT2D eigenvalue weighted by Gasteiger charge is 2.30. The smallest absolute Gasteiger partial charge is 0.229 e. The molecule has 0 saturated carbocycles. The number of benzene rings is 2. The standard InChI is InChI=1S/C19H16I2N2O3/c20-11-1-3-16-14(7-11)15-8-12(21)2-4-17(15)22(16)9-13(24)10-23-18(25)5-6-19(23)26/h1-4,7-8,13,24H,5-6,9-10H2/t13-/m0/s1. The molecular weight excluding hydrogens is 558 g/mol. The number of halogens is 2. The van der Waals surface area contributed by atoms with E-state index in [-0.39, 0.29) is 31.2 Å². The van der Waals surface area contributed by atoms with Crippen molar-refractivity contribution in [3.63, 3.8) is 0 Å². The largest absolute Gasteiger partial charge is 0.389 e. The normalized spacial score (nSPS) is 16.2. The van der Waals surface area contributed by atoms with Crippen molar-refractivity contribution < 1.29 is 14.7 Å². The molecule has 1 aromatic heterocycles. The SMILES string of the molecule is O=C1CCC(=O)N1C[C@@H](O)Cn1c2ccc(I)cc2c2cc(I)ccc21. The molecule has 2 amide bonds. The molecular formula is C19H16I2N2O3. The highest BCUT2D eigenvalue weighted by Crippen LogP contribution is 2.31. The van der Waals surface area contributed by atoms with Crippen LogP contribution in [0.4, 0.5) is 0 Å². The Hall–Kier alpha value is -1.20. The monoisotopic (exact) mass is 574 g/mol. The molecule has 1 N–H and O–H groups in total. The number of carbonyl (C=O) groups excluding carboxylic acids is 2. The minimum absolute atomic E-state index is 0.0492. The summed E-state index contributed by atoms with van der Waals surface area (Å²) in [4.78, 5) is 24.8. The van der Waals surface area contributed by atoms with E-state index in [2.05, 4.69) is 74.0 Å². The van der Waals surface area contributed by atoms with E-state index in [4.69, 9.17) is 0 Å². The fourth-order valence-corrected chi connectivity index (χ4v) is 4.53. The summed E-state index contributed by atoms with van der Waals surface area (Å²) in [5, 5.41) is 12.9. The molecule has 3 aromatic rings. The maximum Gasteiger partial charge on any atom is 0.229 e. The van der Waals surface area contributed by atoms with Crippen LogP contribution in [0, 0.1) is 7.14 Å². The van der Waals surface area contributed by atoms with E-state index in [1.165, 1.54) is 4.90 Å². The Morgan fingerprint density at radius 3 is 1.88 bits per heavy atom. The third-order valence-electron chi connectivity index (χ3n) is 4.73. The molecule has 0 spiro atoms. The van der Waals surface area contributed by atoms with Gasteiger partial charge in [0.05, 0.1) is 19.2 Å². The Balaban J connectivity index is 1.73. The van der Waals surface area contributed by atoms with Gasteiger partial charge in [0.25, 0.3) is 0 Å². The van der Waals surface area contributed by atoms with Gasteiger partial charge in [0.15, 0.2) is 0 Å². The summed E-state index contributed by atoms with van der Waals surface area (Å²) in [6, 6.07) is 12.5. The maximum atomic E-state index is 11.8. The molecule has 4 rings (SSSR count). The Kier molecular flexibility index (Phi) is 4.95. The van der Waals surface area contributed by atoms with Gasteiger partial charge in [-0.05, 0) is 81.6 Å². The van der Waals surface area contributed by atoms with Gasteiger partial charge < -0.3 is 9.67 Å². The zero-order chi connectivity index (χ0) is 18.4. The van der Waals surface area contributed by atoms with Gasteiger partial charge >= 0.3 is 0 Å². The lowest BCUT2D eigenvalue weighted by Gasteiger charge is -2.20. The van der Waals surface area contributed by atoms with Gasteiger partial charge in [-0.25, -0.2) is 0 Å². The van der Waals surface area contributed by atoms with E-state index < -0.39 is 6.10 Å². The second-order valence-electron chi connectivity index (χ2n) is 6.49. The van der Waals surface area contributed by atoms with Crippen molar-refractivity contribution in [2.75, 3.05) is 6.54 Å². The first-order chi connectivity index (χ1) is 12.4. The number of aromatic nitrogens is 1. The topological polar surface area (TPSA) is 62.5 Å². The molecule has 1 fully saturated rings. The fourth-order valence-electron chi connectivity index (χ4n) is 3.55. The number of amides is 2. The summed E-state index contributed by atoms with van der Waals surface area (Å²) in [6.07, 6.45) is -0.311. The number of hydrogen-bond acceptors (Lipinski definition) is 3. The number of aliphatic hydroxyl groups is 1. The van der Waals surface area contributed by atoms with E-state index in [1.807, 2.05) is 12.1 Å². The van der Waals surface area contributed by atoms with Crippen LogP contribution in [0.2, 0.25) is 0 Å². The lowest BCUT2D eigenvalue weighted by Crippen LogP contribution is -2.38. The highest BCUT2D eigenvalue weighted by atomic mass is 127. The first-order valence-electron chi connectivity index (χ1n) is 8.32. The number of carbonyl (C=O) groups is 2. The average molecular weight is 574 g/mol. The first-order valence-corrected chi connectivity index (χ1v) is 10.5. The predicted molar refractivity (Wildman–Crippen MR) is 117 cm³/mol. The summed E-state index contributed by atoms with van der Waals surface area (Å²) in [6.45, 7) is 0.381. The highest BCUT2D eigenvalue weighted by molar-refractivity contribution is 14.1. The van der Waals surface area contributed by atoms with E-state index in [0.29, 0.717) is 6.54 Å². The average Bonchev–Trinajstić information content (AvgIpc) is 3.07.